The Labute approximate surface area is 234 Å². The lowest BCUT2D eigenvalue weighted by molar-refractivity contribution is -0.535. The highest BCUT2D eigenvalue weighted by molar-refractivity contribution is 7.80. The molecule has 0 unspecified atom stereocenters. The van der Waals surface area contributed by atoms with E-state index in [9.17, 15) is 61.9 Å². The van der Waals surface area contributed by atoms with Crippen molar-refractivity contribution in [2.24, 2.45) is 0 Å². The van der Waals surface area contributed by atoms with Crippen molar-refractivity contribution in [3.63, 3.8) is 0 Å². The molecule has 228 valence electrons. The van der Waals surface area contributed by atoms with Crippen molar-refractivity contribution in [2.75, 3.05) is 5.32 Å². The van der Waals surface area contributed by atoms with E-state index in [2.05, 4.69) is 5.32 Å². The van der Waals surface area contributed by atoms with Gasteiger partial charge in [0.2, 0.25) is 0 Å². The van der Waals surface area contributed by atoms with Crippen LogP contribution in [0.2, 0.25) is 10.0 Å². The highest BCUT2D eigenvalue weighted by Gasteiger charge is 2.80. The van der Waals surface area contributed by atoms with Gasteiger partial charge in [0.05, 0.1) is 15.6 Å². The molecule has 0 aliphatic carbocycles. The van der Waals surface area contributed by atoms with E-state index < -0.39 is 58.8 Å². The molecule has 2 rings (SSSR count). The average Bonchev–Trinajstić information content (AvgIpc) is 2.78. The van der Waals surface area contributed by atoms with E-state index in [0.717, 1.165) is 6.07 Å². The van der Waals surface area contributed by atoms with Gasteiger partial charge in [-0.15, -0.1) is 13.2 Å². The zero-order chi connectivity index (χ0) is 31.8. The van der Waals surface area contributed by atoms with E-state index in [1.54, 1.807) is 4.74 Å². The molecule has 0 aliphatic rings. The van der Waals surface area contributed by atoms with Gasteiger partial charge < -0.3 is 5.32 Å². The molecular formula is C20H9Cl2F13N2O3S. The van der Waals surface area contributed by atoms with E-state index in [1.165, 1.54) is 18.2 Å². The van der Waals surface area contributed by atoms with Gasteiger partial charge in [0.15, 0.2) is 5.11 Å². The molecule has 0 aromatic heterocycles. The molecule has 21 heteroatoms. The highest BCUT2D eigenvalue weighted by atomic mass is 35.5. The van der Waals surface area contributed by atoms with Crippen LogP contribution in [0.1, 0.15) is 15.9 Å². The second-order valence-electron chi connectivity index (χ2n) is 7.44. The molecule has 0 fully saturated rings. The lowest BCUT2D eigenvalue weighted by Gasteiger charge is -2.35. The summed E-state index contributed by atoms with van der Waals surface area (Å²) in [6, 6.07) is 5.44. The zero-order valence-electron chi connectivity index (χ0n) is 18.8. The number of benzene rings is 2. The second-order valence-corrected chi connectivity index (χ2v) is 8.63. The number of ether oxygens (including phenoxy) is 2. The number of hydrogen-bond donors (Lipinski definition) is 2. The number of thiocarbonyl (C=S) groups is 1. The van der Waals surface area contributed by atoms with Crippen LogP contribution in [0.5, 0.6) is 0 Å². The number of halogens is 15. The minimum absolute atomic E-state index is 0.0452. The maximum atomic E-state index is 14.4. The van der Waals surface area contributed by atoms with E-state index in [0.29, 0.717) is 6.07 Å². The van der Waals surface area contributed by atoms with E-state index in [1.807, 2.05) is 10.1 Å². The third-order valence-electron chi connectivity index (χ3n) is 4.50. The van der Waals surface area contributed by atoms with Gasteiger partial charge in [0, 0.05) is 11.3 Å². The van der Waals surface area contributed by atoms with Gasteiger partial charge in [-0.2, -0.15) is 43.9 Å². The minimum Gasteiger partial charge on any atom is -0.332 e. The molecule has 2 aromatic carbocycles. The van der Waals surface area contributed by atoms with E-state index in [-0.39, 0.29) is 27.7 Å². The van der Waals surface area contributed by atoms with Gasteiger partial charge in [-0.05, 0) is 36.5 Å². The fourth-order valence-electron chi connectivity index (χ4n) is 2.64. The van der Waals surface area contributed by atoms with Crippen molar-refractivity contribution in [2.45, 2.75) is 36.5 Å². The van der Waals surface area contributed by atoms with Gasteiger partial charge in [-0.1, -0.05) is 41.4 Å². The van der Waals surface area contributed by atoms with Crippen LogP contribution in [0.3, 0.4) is 0 Å². The number of amides is 1. The predicted octanol–water partition coefficient (Wildman–Crippen LogP) is 8.18. The molecule has 0 bridgehead atoms. The van der Waals surface area contributed by atoms with Crippen molar-refractivity contribution >= 4 is 52.1 Å². The van der Waals surface area contributed by atoms with Gasteiger partial charge in [-0.25, -0.2) is 9.47 Å². The fourth-order valence-corrected chi connectivity index (χ4v) is 3.24. The van der Waals surface area contributed by atoms with Gasteiger partial charge >= 0.3 is 36.5 Å². The molecule has 0 spiro atoms. The Morgan fingerprint density at radius 3 is 1.85 bits per heavy atom. The molecule has 5 nitrogen and oxygen atoms in total. The molecule has 0 radical (unpaired) electrons. The number of carbonyl (C=O) groups is 1. The van der Waals surface area contributed by atoms with Crippen LogP contribution < -0.4 is 10.6 Å². The molecule has 0 atom stereocenters. The topological polar surface area (TPSA) is 59.6 Å². The number of carbonyl (C=O) groups excluding carboxylic acids is 1. The summed E-state index contributed by atoms with van der Waals surface area (Å²) in [7, 11) is 0. The molecule has 2 aromatic rings. The van der Waals surface area contributed by atoms with Gasteiger partial charge in [0.25, 0.3) is 5.91 Å². The summed E-state index contributed by atoms with van der Waals surface area (Å²) < 4.78 is 176. The Morgan fingerprint density at radius 2 is 1.29 bits per heavy atom. The van der Waals surface area contributed by atoms with Crippen LogP contribution in [0.15, 0.2) is 42.5 Å². The number of rotatable bonds is 9. The highest BCUT2D eigenvalue weighted by Crippen LogP contribution is 2.54. The summed E-state index contributed by atoms with van der Waals surface area (Å²) >= 11 is 16.4. The second kappa shape index (κ2) is 11.6. The minimum atomic E-state index is -7.55. The summed E-state index contributed by atoms with van der Waals surface area (Å²) in [5.74, 6) is -14.6. The molecule has 0 saturated heterocycles. The maximum absolute atomic E-state index is 14.4. The van der Waals surface area contributed by atoms with Crippen molar-refractivity contribution in [1.82, 2.24) is 5.32 Å². The number of alkyl halides is 13. The Morgan fingerprint density at radius 1 is 0.756 bits per heavy atom. The summed E-state index contributed by atoms with van der Waals surface area (Å²) in [6.07, 6.45) is -28.1. The van der Waals surface area contributed by atoms with E-state index in [4.69, 9.17) is 35.4 Å². The first-order valence-electron chi connectivity index (χ1n) is 9.87. The van der Waals surface area contributed by atoms with Crippen molar-refractivity contribution in [1.29, 1.82) is 0 Å². The Balaban J connectivity index is 2.27. The smallest absolute Gasteiger partial charge is 0.332 e. The summed E-state index contributed by atoms with van der Waals surface area (Å²) in [5, 5.41) is 3.14. The zero-order valence-corrected chi connectivity index (χ0v) is 21.2. The van der Waals surface area contributed by atoms with Crippen molar-refractivity contribution in [3.8, 4) is 0 Å². The normalized spacial score (nSPS) is 13.6. The summed E-state index contributed by atoms with van der Waals surface area (Å²) in [6.45, 7) is 0. The van der Waals surface area contributed by atoms with Gasteiger partial charge in [0.1, 0.15) is 0 Å². The molecule has 1 amide bonds. The molecule has 0 heterocycles. The molecular weight excluding hydrogens is 666 g/mol. The first-order chi connectivity index (χ1) is 18.3. The SMILES string of the molecule is O=C(NC(=S)Nc1cccc(C(F)(F)C(F)(F)OC(F)(F)C(F)(F)C(F)(F)OC(F)(F)F)c1)c1cccc(Cl)c1Cl. The standard InChI is InChI=1S/C20H9Cl2F13N2O3S/c21-11-6-2-5-10(12(11)22)13(38)37-14(41)36-9-4-1-3-8(7-9)15(23,24)17(27,28)39-18(29,30)16(25,26)19(31,32)40-20(33,34)35/h1-7H,(H2,36,37,38,41). The Bertz CT molecular complexity index is 1310. The summed E-state index contributed by atoms with van der Waals surface area (Å²) in [5.41, 5.74) is -2.84. The Kier molecular flexibility index (Phi) is 9.77. The van der Waals surface area contributed by atoms with Crippen molar-refractivity contribution in [3.05, 3.63) is 63.6 Å². The quantitative estimate of drug-likeness (QED) is 0.208. The number of anilines is 1. The van der Waals surface area contributed by atoms with E-state index >= 15 is 0 Å². The lowest BCUT2D eigenvalue weighted by Crippen LogP contribution is -2.61. The third kappa shape index (κ3) is 7.62. The third-order valence-corrected chi connectivity index (χ3v) is 5.53. The van der Waals surface area contributed by atoms with Crippen LogP contribution in [0.25, 0.3) is 0 Å². The average molecular weight is 675 g/mol. The fraction of sp³-hybridized carbons (Fsp3) is 0.300. The van der Waals surface area contributed by atoms with Crippen LogP contribution >= 0.6 is 35.4 Å². The molecule has 0 saturated carbocycles. The predicted molar refractivity (Wildman–Crippen MR) is 118 cm³/mol. The largest absolute Gasteiger partial charge is 0.527 e. The lowest BCUT2D eigenvalue weighted by atomic mass is 10.1. The van der Waals surface area contributed by atoms with Gasteiger partial charge in [-0.3, -0.25) is 10.1 Å². The van der Waals surface area contributed by atoms with Crippen molar-refractivity contribution < 1.29 is 71.3 Å². The van der Waals surface area contributed by atoms with Crippen LogP contribution in [0.4, 0.5) is 62.8 Å². The number of nitrogens with one attached hydrogen (secondary N) is 2. The molecule has 0 aliphatic heterocycles. The van der Waals surface area contributed by atoms with Crippen LogP contribution in [-0.4, -0.2) is 41.6 Å². The monoisotopic (exact) mass is 674 g/mol. The van der Waals surface area contributed by atoms with Crippen LogP contribution in [-0.2, 0) is 15.4 Å². The Hall–Kier alpha value is -2.61. The molecule has 41 heavy (non-hydrogen) atoms. The number of hydrogen-bond acceptors (Lipinski definition) is 4. The maximum Gasteiger partial charge on any atom is 0.527 e. The first-order valence-corrected chi connectivity index (χ1v) is 11.0. The molecule has 2 N–H and O–H groups in total. The first kappa shape index (κ1) is 34.6. The summed E-state index contributed by atoms with van der Waals surface area (Å²) in [4.78, 5) is 12.3. The van der Waals surface area contributed by atoms with Crippen LogP contribution in [0, 0.1) is 0 Å².